The lowest BCUT2D eigenvalue weighted by atomic mass is 9.99. The van der Waals surface area contributed by atoms with Crippen molar-refractivity contribution < 1.29 is 44.9 Å². The minimum absolute atomic E-state index is 0.0351. The molecule has 0 aliphatic carbocycles. The molecule has 0 amide bonds. The second-order valence-corrected chi connectivity index (χ2v) is 7.06. The van der Waals surface area contributed by atoms with Crippen LogP contribution < -0.4 is 4.74 Å². The van der Waals surface area contributed by atoms with E-state index in [0.717, 1.165) is 5.56 Å². The number of rotatable bonds is 7. The Kier molecular flexibility index (Phi) is 6.91. The van der Waals surface area contributed by atoms with Crippen LogP contribution in [0.2, 0.25) is 0 Å². The average molecular weight is 420 g/mol. The summed E-state index contributed by atoms with van der Waals surface area (Å²) in [7, 11) is 0. The number of hydrogen-bond donors (Lipinski definition) is 6. The van der Waals surface area contributed by atoms with E-state index in [2.05, 4.69) is 0 Å². The van der Waals surface area contributed by atoms with Gasteiger partial charge in [0.25, 0.3) is 0 Å². The Morgan fingerprint density at radius 1 is 0.967 bits per heavy atom. The van der Waals surface area contributed by atoms with Crippen molar-refractivity contribution in [3.05, 3.63) is 53.6 Å². The molecule has 9 nitrogen and oxygen atoms in total. The molecule has 30 heavy (non-hydrogen) atoms. The van der Waals surface area contributed by atoms with E-state index in [4.69, 9.17) is 9.47 Å². The molecule has 0 saturated carbocycles. The number of carbonyl (C=O) groups excluding carboxylic acids is 1. The summed E-state index contributed by atoms with van der Waals surface area (Å²) < 4.78 is 10.9. The summed E-state index contributed by atoms with van der Waals surface area (Å²) in [5, 5.41) is 58.8. The molecule has 0 unspecified atom stereocenters. The number of phenols is 2. The molecule has 2 aromatic carbocycles. The standard InChI is InChI=1S/C21H24O9/c22-10-16-18(26)19(27)20(28)21(30-16)29-15-3-1-2-13(24)17(15)14(25)9-6-11-4-7-12(23)8-5-11/h1-5,7-8,16,18-24,26-28H,6,9-10H2/t16-,18+,19-,20+,21+/m0/s1. The van der Waals surface area contributed by atoms with Crippen LogP contribution in [0, 0.1) is 0 Å². The second kappa shape index (κ2) is 9.41. The smallest absolute Gasteiger partial charge is 0.229 e. The van der Waals surface area contributed by atoms with Gasteiger partial charge in [0.05, 0.1) is 6.61 Å². The number of ketones is 1. The number of Topliss-reactive ketones (excluding diaryl/α,β-unsaturated/α-hetero) is 1. The average Bonchev–Trinajstić information content (AvgIpc) is 2.73. The molecular weight excluding hydrogens is 396 g/mol. The lowest BCUT2D eigenvalue weighted by Gasteiger charge is -2.39. The number of aryl methyl sites for hydroxylation is 1. The zero-order valence-electron chi connectivity index (χ0n) is 16.0. The third-order valence-corrected chi connectivity index (χ3v) is 4.95. The lowest BCUT2D eigenvalue weighted by molar-refractivity contribution is -0.277. The third kappa shape index (κ3) is 4.72. The van der Waals surface area contributed by atoms with E-state index in [1.807, 2.05) is 0 Å². The number of phenolic OH excluding ortho intramolecular Hbond substituents is 2. The first-order valence-corrected chi connectivity index (χ1v) is 9.42. The van der Waals surface area contributed by atoms with Gasteiger partial charge in [0, 0.05) is 6.42 Å². The highest BCUT2D eigenvalue weighted by Gasteiger charge is 2.45. The van der Waals surface area contributed by atoms with Gasteiger partial charge < -0.3 is 40.1 Å². The lowest BCUT2D eigenvalue weighted by Crippen LogP contribution is -2.60. The monoisotopic (exact) mass is 420 g/mol. The third-order valence-electron chi connectivity index (χ3n) is 4.95. The van der Waals surface area contributed by atoms with E-state index in [0.29, 0.717) is 6.42 Å². The van der Waals surface area contributed by atoms with Gasteiger partial charge in [0.15, 0.2) is 5.78 Å². The molecular formula is C21H24O9. The van der Waals surface area contributed by atoms with Crippen LogP contribution in [0.15, 0.2) is 42.5 Å². The van der Waals surface area contributed by atoms with Gasteiger partial charge in [-0.3, -0.25) is 4.79 Å². The first-order valence-electron chi connectivity index (χ1n) is 9.42. The molecule has 1 saturated heterocycles. The second-order valence-electron chi connectivity index (χ2n) is 7.06. The summed E-state index contributed by atoms with van der Waals surface area (Å²) in [6.07, 6.45) is -7.08. The summed E-state index contributed by atoms with van der Waals surface area (Å²) in [4.78, 5) is 12.8. The number of aromatic hydroxyl groups is 2. The van der Waals surface area contributed by atoms with Crippen molar-refractivity contribution in [1.82, 2.24) is 0 Å². The molecule has 1 aliphatic heterocycles. The topological polar surface area (TPSA) is 157 Å². The van der Waals surface area contributed by atoms with E-state index in [-0.39, 0.29) is 29.2 Å². The van der Waals surface area contributed by atoms with Crippen LogP contribution in [0.3, 0.4) is 0 Å². The molecule has 2 aromatic rings. The van der Waals surface area contributed by atoms with Crippen LogP contribution in [-0.2, 0) is 11.2 Å². The Morgan fingerprint density at radius 3 is 2.33 bits per heavy atom. The Labute approximate surface area is 172 Å². The highest BCUT2D eigenvalue weighted by Crippen LogP contribution is 2.32. The minimum Gasteiger partial charge on any atom is -0.508 e. The fourth-order valence-electron chi connectivity index (χ4n) is 3.23. The quantitative estimate of drug-likeness (QED) is 0.342. The Morgan fingerprint density at radius 2 is 1.67 bits per heavy atom. The van der Waals surface area contributed by atoms with Gasteiger partial charge in [0.2, 0.25) is 6.29 Å². The van der Waals surface area contributed by atoms with Crippen molar-refractivity contribution in [2.75, 3.05) is 6.61 Å². The van der Waals surface area contributed by atoms with Crippen molar-refractivity contribution in [3.8, 4) is 17.2 Å². The van der Waals surface area contributed by atoms with Crippen LogP contribution in [0.1, 0.15) is 22.3 Å². The van der Waals surface area contributed by atoms with Gasteiger partial charge in [0.1, 0.15) is 47.2 Å². The van der Waals surface area contributed by atoms with Crippen molar-refractivity contribution in [3.63, 3.8) is 0 Å². The molecule has 0 aromatic heterocycles. The highest BCUT2D eigenvalue weighted by molar-refractivity contribution is 6.01. The number of aliphatic hydroxyl groups is 4. The number of ether oxygens (including phenoxy) is 2. The van der Waals surface area contributed by atoms with Crippen molar-refractivity contribution in [2.45, 2.75) is 43.5 Å². The van der Waals surface area contributed by atoms with E-state index in [9.17, 15) is 35.4 Å². The zero-order valence-corrected chi connectivity index (χ0v) is 16.0. The highest BCUT2D eigenvalue weighted by atomic mass is 16.7. The predicted molar refractivity (Wildman–Crippen MR) is 103 cm³/mol. The summed E-state index contributed by atoms with van der Waals surface area (Å²) in [5.74, 6) is -0.718. The van der Waals surface area contributed by atoms with Crippen LogP contribution in [0.25, 0.3) is 0 Å². The molecule has 0 bridgehead atoms. The molecule has 5 atom stereocenters. The Balaban J connectivity index is 1.77. The van der Waals surface area contributed by atoms with Crippen LogP contribution in [-0.4, -0.2) is 73.7 Å². The van der Waals surface area contributed by atoms with Gasteiger partial charge in [-0.2, -0.15) is 0 Å². The normalized spacial score (nSPS) is 26.3. The van der Waals surface area contributed by atoms with Crippen molar-refractivity contribution >= 4 is 5.78 Å². The molecule has 0 spiro atoms. The van der Waals surface area contributed by atoms with Gasteiger partial charge in [-0.05, 0) is 36.2 Å². The number of benzene rings is 2. The van der Waals surface area contributed by atoms with Crippen LogP contribution >= 0.6 is 0 Å². The summed E-state index contributed by atoms with van der Waals surface area (Å²) in [6.45, 7) is -0.622. The first-order chi connectivity index (χ1) is 14.3. The molecule has 0 radical (unpaired) electrons. The number of hydrogen-bond acceptors (Lipinski definition) is 9. The molecule has 1 aliphatic rings. The maximum absolute atomic E-state index is 12.8. The van der Waals surface area contributed by atoms with Gasteiger partial charge in [-0.15, -0.1) is 0 Å². The fraction of sp³-hybridized carbons (Fsp3) is 0.381. The fourth-order valence-corrected chi connectivity index (χ4v) is 3.23. The van der Waals surface area contributed by atoms with Gasteiger partial charge in [-0.1, -0.05) is 18.2 Å². The Bertz CT molecular complexity index is 865. The Hall–Kier alpha value is -2.69. The van der Waals surface area contributed by atoms with Crippen molar-refractivity contribution in [1.29, 1.82) is 0 Å². The van der Waals surface area contributed by atoms with Crippen LogP contribution in [0.4, 0.5) is 0 Å². The zero-order chi connectivity index (χ0) is 21.8. The molecule has 162 valence electrons. The summed E-state index contributed by atoms with van der Waals surface area (Å²) >= 11 is 0. The maximum atomic E-state index is 12.8. The molecule has 6 N–H and O–H groups in total. The summed E-state index contributed by atoms with van der Waals surface area (Å²) in [5.41, 5.74) is 0.696. The van der Waals surface area contributed by atoms with E-state index in [1.165, 1.54) is 30.3 Å². The molecule has 1 fully saturated rings. The van der Waals surface area contributed by atoms with E-state index >= 15 is 0 Å². The minimum atomic E-state index is -1.65. The molecule has 1 heterocycles. The van der Waals surface area contributed by atoms with Crippen molar-refractivity contribution in [2.24, 2.45) is 0 Å². The van der Waals surface area contributed by atoms with E-state index < -0.39 is 43.1 Å². The first kappa shape index (κ1) is 22.0. The van der Waals surface area contributed by atoms with Crippen LogP contribution in [0.5, 0.6) is 17.2 Å². The molecule has 3 rings (SSSR count). The summed E-state index contributed by atoms with van der Waals surface area (Å²) in [6, 6.07) is 10.5. The maximum Gasteiger partial charge on any atom is 0.229 e. The number of aliphatic hydroxyl groups excluding tert-OH is 4. The SMILES string of the molecule is O=C(CCc1ccc(O)cc1)c1c(O)cccc1O[C@@H]1O[C@@H](CO)[C@@H](O)[C@H](O)[C@H]1O. The van der Waals surface area contributed by atoms with Gasteiger partial charge in [-0.25, -0.2) is 0 Å². The van der Waals surface area contributed by atoms with Gasteiger partial charge >= 0.3 is 0 Å². The number of carbonyl (C=O) groups is 1. The largest absolute Gasteiger partial charge is 0.508 e. The molecule has 9 heteroatoms. The van der Waals surface area contributed by atoms with E-state index in [1.54, 1.807) is 12.1 Å². The predicted octanol–water partition coefficient (Wildman–Crippen LogP) is 0.0920.